The van der Waals surface area contributed by atoms with Crippen LogP contribution in [0.15, 0.2) is 51.7 Å². The number of amides is 1. The molecule has 1 amide bonds. The van der Waals surface area contributed by atoms with Crippen LogP contribution in [0.2, 0.25) is 0 Å². The Morgan fingerprint density at radius 1 is 1.09 bits per heavy atom. The first kappa shape index (κ1) is 24.3. The van der Waals surface area contributed by atoms with Crippen LogP contribution >= 0.6 is 0 Å². The third-order valence-electron chi connectivity index (χ3n) is 5.43. The number of carbonyl (C=O) groups excluding carboxylic acids is 2. The lowest BCUT2D eigenvalue weighted by Gasteiger charge is -2.31. The molecule has 0 unspecified atom stereocenters. The molecule has 2 aromatic carbocycles. The number of benzene rings is 2. The number of hydrogen-bond donors (Lipinski definition) is 1. The third-order valence-corrected chi connectivity index (χ3v) is 5.43. The SMILES string of the molecule is O=C(COC(=O)CCn1c(=O)oc2ccccc21)Nc1cc(C(F)(F)F)ccc1N1CCOCC1. The zero-order chi connectivity index (χ0) is 25.0. The molecule has 186 valence electrons. The second kappa shape index (κ2) is 10.2. The fourth-order valence-corrected chi connectivity index (χ4v) is 3.73. The summed E-state index contributed by atoms with van der Waals surface area (Å²) >= 11 is 0. The number of aryl methyl sites for hydroxylation is 1. The van der Waals surface area contributed by atoms with E-state index in [1.54, 1.807) is 29.2 Å². The van der Waals surface area contributed by atoms with Crippen LogP contribution in [0.5, 0.6) is 0 Å². The van der Waals surface area contributed by atoms with Crippen molar-refractivity contribution in [3.8, 4) is 0 Å². The van der Waals surface area contributed by atoms with Crippen LogP contribution in [-0.2, 0) is 31.8 Å². The van der Waals surface area contributed by atoms with Crippen molar-refractivity contribution >= 4 is 34.4 Å². The summed E-state index contributed by atoms with van der Waals surface area (Å²) in [6, 6.07) is 9.80. The Morgan fingerprint density at radius 2 is 1.83 bits per heavy atom. The molecule has 4 rings (SSSR count). The van der Waals surface area contributed by atoms with Gasteiger partial charge in [-0.05, 0) is 30.3 Å². The molecule has 1 N–H and O–H groups in total. The molecule has 0 saturated carbocycles. The number of ether oxygens (including phenoxy) is 2. The number of esters is 1. The molecule has 0 spiro atoms. The van der Waals surface area contributed by atoms with E-state index < -0.39 is 36.0 Å². The Morgan fingerprint density at radius 3 is 2.57 bits per heavy atom. The number of fused-ring (bicyclic) bond motifs is 1. The van der Waals surface area contributed by atoms with E-state index in [0.29, 0.717) is 43.1 Å². The number of para-hydroxylation sites is 2. The average molecular weight is 493 g/mol. The van der Waals surface area contributed by atoms with Gasteiger partial charge in [-0.25, -0.2) is 4.79 Å². The molecule has 0 aliphatic carbocycles. The monoisotopic (exact) mass is 493 g/mol. The van der Waals surface area contributed by atoms with Crippen molar-refractivity contribution in [1.82, 2.24) is 4.57 Å². The lowest BCUT2D eigenvalue weighted by Crippen LogP contribution is -2.37. The van der Waals surface area contributed by atoms with Crippen LogP contribution < -0.4 is 16.0 Å². The number of aromatic nitrogens is 1. The van der Waals surface area contributed by atoms with Crippen molar-refractivity contribution in [2.75, 3.05) is 43.1 Å². The van der Waals surface area contributed by atoms with Crippen LogP contribution in [-0.4, -0.2) is 49.4 Å². The van der Waals surface area contributed by atoms with Crippen molar-refractivity contribution in [3.05, 3.63) is 58.6 Å². The molecule has 35 heavy (non-hydrogen) atoms. The second-order valence-electron chi connectivity index (χ2n) is 7.78. The summed E-state index contributed by atoms with van der Waals surface area (Å²) in [5, 5.41) is 2.41. The molecule has 0 atom stereocenters. The van der Waals surface area contributed by atoms with Gasteiger partial charge in [0, 0.05) is 19.6 Å². The predicted octanol–water partition coefficient (Wildman–Crippen LogP) is 3.02. The van der Waals surface area contributed by atoms with Gasteiger partial charge < -0.3 is 24.1 Å². The van der Waals surface area contributed by atoms with E-state index in [1.165, 1.54) is 10.6 Å². The molecule has 1 aromatic heterocycles. The summed E-state index contributed by atoms with van der Waals surface area (Å²) in [4.78, 5) is 38.3. The van der Waals surface area contributed by atoms with Crippen molar-refractivity contribution < 1.29 is 36.7 Å². The Balaban J connectivity index is 1.38. The van der Waals surface area contributed by atoms with Crippen LogP contribution in [0.4, 0.5) is 24.5 Å². The molecule has 2 heterocycles. The zero-order valence-electron chi connectivity index (χ0n) is 18.5. The average Bonchev–Trinajstić information content (AvgIpc) is 3.16. The van der Waals surface area contributed by atoms with Crippen molar-refractivity contribution in [3.63, 3.8) is 0 Å². The lowest BCUT2D eigenvalue weighted by molar-refractivity contribution is -0.147. The second-order valence-corrected chi connectivity index (χ2v) is 7.78. The molecular weight excluding hydrogens is 471 g/mol. The molecule has 1 aliphatic heterocycles. The molecular formula is C23H22F3N3O6. The van der Waals surface area contributed by atoms with Crippen LogP contribution in [0.1, 0.15) is 12.0 Å². The van der Waals surface area contributed by atoms with E-state index in [4.69, 9.17) is 13.9 Å². The Kier molecular flexibility index (Phi) is 7.10. The summed E-state index contributed by atoms with van der Waals surface area (Å²) in [6.45, 7) is 0.989. The van der Waals surface area contributed by atoms with E-state index in [2.05, 4.69) is 5.32 Å². The number of hydrogen-bond acceptors (Lipinski definition) is 7. The number of morpholine rings is 1. The van der Waals surface area contributed by atoms with Crippen LogP contribution in [0.25, 0.3) is 11.1 Å². The summed E-state index contributed by atoms with van der Waals surface area (Å²) in [6.07, 6.45) is -4.80. The van der Waals surface area contributed by atoms with E-state index in [0.717, 1.165) is 12.1 Å². The van der Waals surface area contributed by atoms with Crippen molar-refractivity contribution in [2.24, 2.45) is 0 Å². The van der Waals surface area contributed by atoms with E-state index in [1.807, 2.05) is 0 Å². The van der Waals surface area contributed by atoms with E-state index in [-0.39, 0.29) is 18.7 Å². The molecule has 1 saturated heterocycles. The first-order chi connectivity index (χ1) is 16.7. The number of anilines is 2. The highest BCUT2D eigenvalue weighted by molar-refractivity contribution is 5.96. The Bertz CT molecular complexity index is 1280. The topological polar surface area (TPSA) is 103 Å². The fourth-order valence-electron chi connectivity index (χ4n) is 3.73. The molecule has 0 bridgehead atoms. The first-order valence-corrected chi connectivity index (χ1v) is 10.8. The fraction of sp³-hybridized carbons (Fsp3) is 0.348. The van der Waals surface area contributed by atoms with Gasteiger partial charge in [-0.1, -0.05) is 12.1 Å². The maximum Gasteiger partial charge on any atom is 0.419 e. The molecule has 3 aromatic rings. The molecule has 0 radical (unpaired) electrons. The predicted molar refractivity (Wildman–Crippen MR) is 119 cm³/mol. The van der Waals surface area contributed by atoms with Gasteiger partial charge in [0.15, 0.2) is 12.2 Å². The number of oxazole rings is 1. The highest BCUT2D eigenvalue weighted by atomic mass is 19.4. The number of rotatable bonds is 7. The van der Waals surface area contributed by atoms with Crippen molar-refractivity contribution in [1.29, 1.82) is 0 Å². The van der Waals surface area contributed by atoms with Gasteiger partial charge in [0.1, 0.15) is 0 Å². The quantitative estimate of drug-likeness (QED) is 0.505. The zero-order valence-corrected chi connectivity index (χ0v) is 18.5. The largest absolute Gasteiger partial charge is 0.456 e. The summed E-state index contributed by atoms with van der Waals surface area (Å²) in [5.41, 5.74) is 0.344. The van der Waals surface area contributed by atoms with E-state index in [9.17, 15) is 27.6 Å². The molecule has 1 aliphatic rings. The summed E-state index contributed by atoms with van der Waals surface area (Å²) in [7, 11) is 0. The minimum atomic E-state index is -4.59. The number of halogens is 3. The summed E-state index contributed by atoms with van der Waals surface area (Å²) < 4.78 is 56.2. The maximum absolute atomic E-state index is 13.2. The Hall–Kier alpha value is -3.80. The van der Waals surface area contributed by atoms with Crippen LogP contribution in [0.3, 0.4) is 0 Å². The number of carbonyl (C=O) groups is 2. The number of nitrogens with one attached hydrogen (secondary N) is 1. The molecule has 9 nitrogen and oxygen atoms in total. The number of alkyl halides is 3. The summed E-state index contributed by atoms with van der Waals surface area (Å²) in [5.74, 6) is -2.18. The standard InChI is InChI=1S/C23H22F3N3O6/c24-23(25,26)15-5-6-17(28-9-11-33-12-10-28)16(13-15)27-20(30)14-34-21(31)7-8-29-18-3-1-2-4-19(18)35-22(29)32/h1-6,13H,7-12,14H2,(H,27,30). The first-order valence-electron chi connectivity index (χ1n) is 10.8. The van der Waals surface area contributed by atoms with Gasteiger partial charge in [0.2, 0.25) is 0 Å². The highest BCUT2D eigenvalue weighted by Crippen LogP contribution is 2.35. The molecule has 12 heteroatoms. The minimum Gasteiger partial charge on any atom is -0.456 e. The smallest absolute Gasteiger partial charge is 0.419 e. The normalized spacial score (nSPS) is 14.2. The molecule has 1 fully saturated rings. The van der Waals surface area contributed by atoms with Gasteiger partial charge in [0.05, 0.1) is 42.1 Å². The Labute approximate surface area is 197 Å². The van der Waals surface area contributed by atoms with E-state index >= 15 is 0 Å². The van der Waals surface area contributed by atoms with Gasteiger partial charge in [-0.2, -0.15) is 13.2 Å². The van der Waals surface area contributed by atoms with Gasteiger partial charge >= 0.3 is 17.9 Å². The lowest BCUT2D eigenvalue weighted by atomic mass is 10.1. The van der Waals surface area contributed by atoms with Gasteiger partial charge in [0.25, 0.3) is 5.91 Å². The van der Waals surface area contributed by atoms with Gasteiger partial charge in [-0.15, -0.1) is 0 Å². The number of nitrogens with zero attached hydrogens (tertiary/aromatic N) is 2. The van der Waals surface area contributed by atoms with Gasteiger partial charge in [-0.3, -0.25) is 14.2 Å². The van der Waals surface area contributed by atoms with Crippen molar-refractivity contribution in [2.45, 2.75) is 19.1 Å². The highest BCUT2D eigenvalue weighted by Gasteiger charge is 2.32. The maximum atomic E-state index is 13.2. The van der Waals surface area contributed by atoms with Crippen LogP contribution in [0, 0.1) is 0 Å². The third kappa shape index (κ3) is 5.83. The minimum absolute atomic E-state index is 0.0227.